The fourth-order valence-corrected chi connectivity index (χ4v) is 2.71. The fourth-order valence-electron chi connectivity index (χ4n) is 2.71. The molecular weight excluding hydrogens is 371 g/mol. The van der Waals surface area contributed by atoms with Crippen LogP contribution in [0.4, 0.5) is 22.8 Å². The summed E-state index contributed by atoms with van der Waals surface area (Å²) in [7, 11) is 0. The number of carboxylic acid groups (broad SMARTS) is 1. The van der Waals surface area contributed by atoms with Gasteiger partial charge in [-0.05, 0) is 12.0 Å². The molecule has 0 aliphatic carbocycles. The molecule has 11 heteroatoms. The smallest absolute Gasteiger partial charge is 0.465 e. The normalized spacial score (nSPS) is 19.9. The summed E-state index contributed by atoms with van der Waals surface area (Å²) in [6.07, 6.45) is -7.45. The van der Waals surface area contributed by atoms with Crippen LogP contribution in [0.3, 0.4) is 0 Å². The van der Waals surface area contributed by atoms with E-state index < -0.39 is 42.9 Å². The van der Waals surface area contributed by atoms with E-state index in [1.54, 1.807) is 30.3 Å². The van der Waals surface area contributed by atoms with E-state index in [1.807, 2.05) is 0 Å². The number of carbonyl (C=O) groups excluding carboxylic acids is 2. The molecule has 27 heavy (non-hydrogen) atoms. The highest BCUT2D eigenvalue weighted by Gasteiger charge is 2.45. The molecule has 0 unspecified atom stereocenters. The molecule has 1 aliphatic heterocycles. The minimum atomic E-state index is -5.05. The Hall–Kier alpha value is -2.98. The van der Waals surface area contributed by atoms with Gasteiger partial charge in [0.15, 0.2) is 0 Å². The molecule has 0 radical (unpaired) electrons. The lowest BCUT2D eigenvalue weighted by Crippen LogP contribution is -2.62. The Balaban J connectivity index is 1.99. The van der Waals surface area contributed by atoms with Crippen LogP contribution in [0.2, 0.25) is 0 Å². The first kappa shape index (κ1) is 20.3. The van der Waals surface area contributed by atoms with Crippen molar-refractivity contribution in [3.05, 3.63) is 35.9 Å². The molecule has 1 saturated heterocycles. The maximum absolute atomic E-state index is 12.6. The van der Waals surface area contributed by atoms with Crippen molar-refractivity contribution in [3.8, 4) is 0 Å². The van der Waals surface area contributed by atoms with Gasteiger partial charge in [0.2, 0.25) is 0 Å². The number of nitrogens with zero attached hydrogens (tertiary/aromatic N) is 1. The molecule has 3 N–H and O–H groups in total. The number of alkyl halides is 3. The molecule has 148 valence electrons. The van der Waals surface area contributed by atoms with E-state index in [9.17, 15) is 27.6 Å². The highest BCUT2D eigenvalue weighted by Crippen LogP contribution is 2.22. The predicted molar refractivity (Wildman–Crippen MR) is 85.8 cm³/mol. The summed E-state index contributed by atoms with van der Waals surface area (Å²) in [5.74, 6) is -2.04. The van der Waals surface area contributed by atoms with Gasteiger partial charge in [-0.3, -0.25) is 4.79 Å². The van der Waals surface area contributed by atoms with Crippen LogP contribution in [-0.2, 0) is 16.1 Å². The molecule has 1 aliphatic rings. The van der Waals surface area contributed by atoms with Crippen LogP contribution in [0.15, 0.2) is 30.3 Å². The summed E-state index contributed by atoms with van der Waals surface area (Å²) in [6, 6.07) is 6.77. The first-order valence-corrected chi connectivity index (χ1v) is 7.99. The van der Waals surface area contributed by atoms with E-state index in [0.717, 1.165) is 0 Å². The molecule has 2 atom stereocenters. The van der Waals surface area contributed by atoms with Crippen LogP contribution in [0, 0.1) is 0 Å². The number of carbonyl (C=O) groups is 3. The maximum Gasteiger partial charge on any atom is 0.471 e. The molecule has 0 bridgehead atoms. The minimum absolute atomic E-state index is 0.0678. The van der Waals surface area contributed by atoms with Crippen LogP contribution in [-0.4, -0.2) is 59.4 Å². The van der Waals surface area contributed by atoms with E-state index in [0.29, 0.717) is 10.5 Å². The van der Waals surface area contributed by atoms with Gasteiger partial charge >= 0.3 is 24.3 Å². The van der Waals surface area contributed by atoms with Gasteiger partial charge in [-0.1, -0.05) is 30.3 Å². The molecule has 1 fully saturated rings. The molecule has 8 nitrogen and oxygen atoms in total. The monoisotopic (exact) mass is 389 g/mol. The number of hydrogen-bond acceptors (Lipinski definition) is 4. The van der Waals surface area contributed by atoms with Gasteiger partial charge in [0.25, 0.3) is 0 Å². The van der Waals surface area contributed by atoms with E-state index >= 15 is 0 Å². The highest BCUT2D eigenvalue weighted by atomic mass is 19.4. The number of hydrogen-bond donors (Lipinski definition) is 3. The third-order valence-corrected chi connectivity index (χ3v) is 3.97. The average molecular weight is 389 g/mol. The fraction of sp³-hybridized carbons (Fsp3) is 0.438. The van der Waals surface area contributed by atoms with Gasteiger partial charge in [0, 0.05) is 13.1 Å². The molecule has 0 saturated carbocycles. The molecule has 1 heterocycles. The van der Waals surface area contributed by atoms with Crippen molar-refractivity contribution in [3.63, 3.8) is 0 Å². The zero-order valence-corrected chi connectivity index (χ0v) is 14.0. The van der Waals surface area contributed by atoms with Crippen molar-refractivity contribution in [1.29, 1.82) is 0 Å². The Bertz CT molecular complexity index is 684. The second-order valence-electron chi connectivity index (χ2n) is 5.91. The van der Waals surface area contributed by atoms with Crippen LogP contribution in [0.1, 0.15) is 12.0 Å². The number of rotatable bonds is 4. The van der Waals surface area contributed by atoms with Gasteiger partial charge in [0.05, 0.1) is 12.1 Å². The second kappa shape index (κ2) is 8.60. The molecule has 0 spiro atoms. The van der Waals surface area contributed by atoms with Crippen LogP contribution < -0.4 is 10.6 Å². The van der Waals surface area contributed by atoms with Crippen molar-refractivity contribution in [2.45, 2.75) is 31.3 Å². The van der Waals surface area contributed by atoms with Gasteiger partial charge in [-0.15, -0.1) is 0 Å². The Kier molecular flexibility index (Phi) is 6.48. The van der Waals surface area contributed by atoms with Crippen LogP contribution >= 0.6 is 0 Å². The Morgan fingerprint density at radius 2 is 1.81 bits per heavy atom. The Morgan fingerprint density at radius 3 is 2.41 bits per heavy atom. The summed E-state index contributed by atoms with van der Waals surface area (Å²) in [6.45, 7) is -0.855. The SMILES string of the molecule is O=C(O)N[C@@H]1CCN(C(=O)C(F)(F)F)C[C@@H]1NC(=O)OCc1ccccc1. The molecule has 2 rings (SSSR count). The van der Waals surface area contributed by atoms with E-state index in [2.05, 4.69) is 10.6 Å². The number of halogens is 3. The number of ether oxygens (including phenoxy) is 1. The molecule has 0 aromatic heterocycles. The van der Waals surface area contributed by atoms with Gasteiger partial charge < -0.3 is 25.4 Å². The Morgan fingerprint density at radius 1 is 1.15 bits per heavy atom. The number of alkyl carbamates (subject to hydrolysis) is 1. The summed E-state index contributed by atoms with van der Waals surface area (Å²) < 4.78 is 42.9. The number of likely N-dealkylation sites (tertiary alicyclic amines) is 1. The van der Waals surface area contributed by atoms with Gasteiger partial charge in [-0.2, -0.15) is 13.2 Å². The summed E-state index contributed by atoms with van der Waals surface area (Å²) in [5, 5.41) is 13.3. The van der Waals surface area contributed by atoms with Crippen molar-refractivity contribution in [2.75, 3.05) is 13.1 Å². The van der Waals surface area contributed by atoms with E-state index in [4.69, 9.17) is 9.84 Å². The largest absolute Gasteiger partial charge is 0.471 e. The lowest BCUT2D eigenvalue weighted by molar-refractivity contribution is -0.186. The zero-order chi connectivity index (χ0) is 20.0. The van der Waals surface area contributed by atoms with Crippen LogP contribution in [0.5, 0.6) is 0 Å². The number of nitrogens with one attached hydrogen (secondary N) is 2. The first-order chi connectivity index (χ1) is 12.7. The predicted octanol–water partition coefficient (Wildman–Crippen LogP) is 1.71. The van der Waals surface area contributed by atoms with Gasteiger partial charge in [-0.25, -0.2) is 9.59 Å². The molecule has 3 amide bonds. The second-order valence-corrected chi connectivity index (χ2v) is 5.91. The number of amides is 3. The van der Waals surface area contributed by atoms with Crippen molar-refractivity contribution in [2.24, 2.45) is 0 Å². The van der Waals surface area contributed by atoms with E-state index in [-0.39, 0.29) is 19.6 Å². The number of benzene rings is 1. The van der Waals surface area contributed by atoms with Crippen molar-refractivity contribution >= 4 is 18.1 Å². The van der Waals surface area contributed by atoms with Crippen LogP contribution in [0.25, 0.3) is 0 Å². The molecular formula is C16H18F3N3O5. The van der Waals surface area contributed by atoms with Gasteiger partial charge in [0.1, 0.15) is 6.61 Å². The lowest BCUT2D eigenvalue weighted by atomic mass is 9.99. The summed E-state index contributed by atoms with van der Waals surface area (Å²) in [4.78, 5) is 34.8. The van der Waals surface area contributed by atoms with Crippen molar-refractivity contribution < 1.29 is 37.4 Å². The average Bonchev–Trinajstić information content (AvgIpc) is 2.60. The van der Waals surface area contributed by atoms with Crippen molar-refractivity contribution in [1.82, 2.24) is 15.5 Å². The minimum Gasteiger partial charge on any atom is -0.465 e. The number of piperidine rings is 1. The summed E-state index contributed by atoms with van der Waals surface area (Å²) in [5.41, 5.74) is 0.699. The zero-order valence-electron chi connectivity index (χ0n) is 14.0. The molecule has 1 aromatic rings. The first-order valence-electron chi connectivity index (χ1n) is 7.99. The highest BCUT2D eigenvalue weighted by molar-refractivity contribution is 5.82. The quantitative estimate of drug-likeness (QED) is 0.727. The molecule has 1 aromatic carbocycles. The maximum atomic E-state index is 12.6. The third-order valence-electron chi connectivity index (χ3n) is 3.97. The summed E-state index contributed by atoms with van der Waals surface area (Å²) >= 11 is 0. The lowest BCUT2D eigenvalue weighted by Gasteiger charge is -2.38. The topological polar surface area (TPSA) is 108 Å². The third kappa shape index (κ3) is 6.04. The standard InChI is InChI=1S/C16H18F3N3O5/c17-16(18,19)13(23)22-7-6-11(20-14(24)25)12(8-22)21-15(26)27-9-10-4-2-1-3-5-10/h1-5,11-12,20H,6-9H2,(H,21,26)(H,24,25)/t11-,12+/m1/s1. The van der Waals surface area contributed by atoms with E-state index in [1.165, 1.54) is 0 Å². The Labute approximate surface area is 152 Å².